The van der Waals surface area contributed by atoms with Crippen molar-refractivity contribution in [3.63, 3.8) is 0 Å². The number of methoxy groups -OCH3 is 2. The van der Waals surface area contributed by atoms with Crippen molar-refractivity contribution in [1.82, 2.24) is 5.32 Å². The number of aliphatic carboxylic acids is 1. The largest absolute Gasteiger partial charge is 0.490 e. The quantitative estimate of drug-likeness (QED) is 0.308. The van der Waals surface area contributed by atoms with E-state index in [2.05, 4.69) is 10.1 Å². The van der Waals surface area contributed by atoms with Gasteiger partial charge in [-0.1, -0.05) is 6.42 Å². The third-order valence-electron chi connectivity index (χ3n) is 5.05. The standard InChI is InChI=1S/C18H32N2O7.C2HF3O2/c1-10(19)16(22)20-11(8-6-7-9-12(21)23-4)13-14(24-5)15-17(25-13)27-18(2,3)26-15;3-2(4,5)1(6)7/h10-11,13-15,17H,6-9,19H2,1-5H3,(H,20,22);(H,6,7)/t10-,11-,13+,14-,15+,17+;/m0./s1. The Labute approximate surface area is 195 Å². The predicted octanol–water partition coefficient (Wildman–Crippen LogP) is 1.08. The van der Waals surface area contributed by atoms with Crippen LogP contribution in [-0.2, 0) is 38.1 Å². The summed E-state index contributed by atoms with van der Waals surface area (Å²) in [5.74, 6) is -4.03. The molecule has 2 heterocycles. The molecule has 2 aliphatic rings. The first-order valence-electron chi connectivity index (χ1n) is 10.6. The van der Waals surface area contributed by atoms with Gasteiger partial charge in [-0.3, -0.25) is 9.59 Å². The number of esters is 1. The monoisotopic (exact) mass is 502 g/mol. The van der Waals surface area contributed by atoms with Gasteiger partial charge in [-0.2, -0.15) is 13.2 Å². The van der Waals surface area contributed by atoms with Crippen molar-refractivity contribution in [2.75, 3.05) is 14.2 Å². The molecule has 2 fully saturated rings. The van der Waals surface area contributed by atoms with Gasteiger partial charge in [0.1, 0.15) is 18.3 Å². The number of carboxylic acid groups (broad SMARTS) is 1. The first-order chi connectivity index (χ1) is 15.6. The highest BCUT2D eigenvalue weighted by Crippen LogP contribution is 2.40. The van der Waals surface area contributed by atoms with Crippen LogP contribution in [-0.4, -0.2) is 85.8 Å². The number of nitrogens with one attached hydrogen (secondary N) is 1. The highest BCUT2D eigenvalue weighted by molar-refractivity contribution is 5.81. The summed E-state index contributed by atoms with van der Waals surface area (Å²) >= 11 is 0. The van der Waals surface area contributed by atoms with Crippen molar-refractivity contribution < 1.29 is 56.3 Å². The molecule has 0 saturated carbocycles. The van der Waals surface area contributed by atoms with E-state index < -0.39 is 42.5 Å². The number of amides is 1. The van der Waals surface area contributed by atoms with Crippen LogP contribution >= 0.6 is 0 Å². The summed E-state index contributed by atoms with van der Waals surface area (Å²) in [5, 5.41) is 10.1. The molecule has 0 aromatic rings. The van der Waals surface area contributed by atoms with Gasteiger partial charge >= 0.3 is 18.1 Å². The first-order valence-corrected chi connectivity index (χ1v) is 10.6. The lowest BCUT2D eigenvalue weighted by molar-refractivity contribution is -0.220. The summed E-state index contributed by atoms with van der Waals surface area (Å²) in [6.07, 6.45) is -4.57. The number of hydrogen-bond acceptors (Lipinski definition) is 9. The third kappa shape index (κ3) is 8.98. The van der Waals surface area contributed by atoms with Crippen LogP contribution in [0.5, 0.6) is 0 Å². The summed E-state index contributed by atoms with van der Waals surface area (Å²) < 4.78 is 59.8. The van der Waals surface area contributed by atoms with Gasteiger partial charge in [0.2, 0.25) is 5.91 Å². The Balaban J connectivity index is 0.000000718. The highest BCUT2D eigenvalue weighted by atomic mass is 19.4. The van der Waals surface area contributed by atoms with Gasteiger partial charge in [0.25, 0.3) is 0 Å². The maximum atomic E-state index is 12.2. The van der Waals surface area contributed by atoms with E-state index in [1.807, 2.05) is 13.8 Å². The number of carbonyl (C=O) groups excluding carboxylic acids is 2. The average molecular weight is 502 g/mol. The summed E-state index contributed by atoms with van der Waals surface area (Å²) in [6.45, 7) is 5.26. The SMILES string of the molecule is COC(=O)CCCC[C@H](NC(=O)[C@H](C)N)[C@H]1O[C@@H]2OC(C)(C)O[C@@H]2[C@H]1OC.O=C(O)C(F)(F)F. The Bertz CT molecular complexity index is 703. The Morgan fingerprint density at radius 3 is 2.24 bits per heavy atom. The average Bonchev–Trinajstić information content (AvgIpc) is 3.20. The van der Waals surface area contributed by atoms with Crippen LogP contribution in [0.4, 0.5) is 13.2 Å². The fraction of sp³-hybridized carbons (Fsp3) is 0.850. The molecule has 1 amide bonds. The maximum absolute atomic E-state index is 12.2. The molecule has 2 aliphatic heterocycles. The minimum atomic E-state index is -5.08. The lowest BCUT2D eigenvalue weighted by Crippen LogP contribution is -2.53. The second-order valence-electron chi connectivity index (χ2n) is 8.30. The Kier molecular flexibility index (Phi) is 11.2. The lowest BCUT2D eigenvalue weighted by atomic mass is 9.97. The molecule has 0 spiro atoms. The fourth-order valence-electron chi connectivity index (χ4n) is 3.46. The van der Waals surface area contributed by atoms with Crippen molar-refractivity contribution in [2.24, 2.45) is 5.73 Å². The zero-order valence-corrected chi connectivity index (χ0v) is 19.7. The molecule has 34 heavy (non-hydrogen) atoms. The lowest BCUT2D eigenvalue weighted by Gasteiger charge is -2.31. The van der Waals surface area contributed by atoms with Crippen LogP contribution < -0.4 is 11.1 Å². The highest BCUT2D eigenvalue weighted by Gasteiger charge is 2.56. The van der Waals surface area contributed by atoms with E-state index >= 15 is 0 Å². The zero-order chi connectivity index (χ0) is 26.3. The van der Waals surface area contributed by atoms with E-state index in [0.717, 1.165) is 0 Å². The first kappa shape index (κ1) is 30.0. The summed E-state index contributed by atoms with van der Waals surface area (Å²) in [4.78, 5) is 32.4. The van der Waals surface area contributed by atoms with E-state index in [1.165, 1.54) is 7.11 Å². The van der Waals surface area contributed by atoms with Gasteiger partial charge in [-0.15, -0.1) is 0 Å². The van der Waals surface area contributed by atoms with Crippen molar-refractivity contribution in [1.29, 1.82) is 0 Å². The van der Waals surface area contributed by atoms with Gasteiger partial charge in [0.05, 0.1) is 19.2 Å². The number of carbonyl (C=O) groups is 3. The molecule has 11 nitrogen and oxygen atoms in total. The number of halogens is 3. The number of ether oxygens (including phenoxy) is 5. The van der Waals surface area contributed by atoms with E-state index in [1.54, 1.807) is 14.0 Å². The molecule has 0 aliphatic carbocycles. The smallest absolute Gasteiger partial charge is 0.475 e. The number of alkyl halides is 3. The van der Waals surface area contributed by atoms with Crippen LogP contribution in [0.25, 0.3) is 0 Å². The van der Waals surface area contributed by atoms with Gasteiger partial charge in [0, 0.05) is 13.5 Å². The third-order valence-corrected chi connectivity index (χ3v) is 5.05. The zero-order valence-electron chi connectivity index (χ0n) is 19.7. The number of hydrogen-bond donors (Lipinski definition) is 3. The second-order valence-corrected chi connectivity index (χ2v) is 8.30. The van der Waals surface area contributed by atoms with E-state index in [9.17, 15) is 22.8 Å². The molecule has 0 unspecified atom stereocenters. The minimum Gasteiger partial charge on any atom is -0.475 e. The summed E-state index contributed by atoms with van der Waals surface area (Å²) in [7, 11) is 2.95. The topological polar surface area (TPSA) is 156 Å². The number of rotatable bonds is 9. The molecule has 0 bridgehead atoms. The van der Waals surface area contributed by atoms with Crippen molar-refractivity contribution in [3.05, 3.63) is 0 Å². The van der Waals surface area contributed by atoms with Gasteiger partial charge in [-0.25, -0.2) is 4.79 Å². The van der Waals surface area contributed by atoms with Gasteiger partial charge in [-0.05, 0) is 33.6 Å². The molecule has 2 rings (SSSR count). The van der Waals surface area contributed by atoms with Gasteiger partial charge < -0.3 is 39.8 Å². The molecule has 0 aromatic carbocycles. The molecular weight excluding hydrogens is 469 g/mol. The summed E-state index contributed by atoms with van der Waals surface area (Å²) in [5.41, 5.74) is 5.70. The molecule has 0 radical (unpaired) electrons. The van der Waals surface area contributed by atoms with Crippen molar-refractivity contribution in [2.45, 2.75) is 95.1 Å². The number of unbranched alkanes of at least 4 members (excludes halogenated alkanes) is 1. The minimum absolute atomic E-state index is 0.253. The van der Waals surface area contributed by atoms with Gasteiger partial charge in [0.15, 0.2) is 12.1 Å². The van der Waals surface area contributed by atoms with Crippen molar-refractivity contribution >= 4 is 17.8 Å². The molecule has 198 valence electrons. The molecular formula is C20H33F3N2O9. The predicted molar refractivity (Wildman–Crippen MR) is 109 cm³/mol. The molecule has 14 heteroatoms. The van der Waals surface area contributed by atoms with E-state index in [-0.39, 0.29) is 24.0 Å². The normalized spacial score (nSPS) is 27.1. The molecule has 0 aromatic heterocycles. The van der Waals surface area contributed by atoms with E-state index in [0.29, 0.717) is 25.7 Å². The molecule has 4 N–H and O–H groups in total. The van der Waals surface area contributed by atoms with Crippen LogP contribution in [0.3, 0.4) is 0 Å². The molecule has 6 atom stereocenters. The Morgan fingerprint density at radius 2 is 1.76 bits per heavy atom. The van der Waals surface area contributed by atoms with Crippen LogP contribution in [0, 0.1) is 0 Å². The summed E-state index contributed by atoms with van der Waals surface area (Å²) in [6, 6.07) is -0.983. The van der Waals surface area contributed by atoms with Crippen molar-refractivity contribution in [3.8, 4) is 0 Å². The second kappa shape index (κ2) is 12.6. The number of fused-ring (bicyclic) bond motifs is 1. The number of nitrogens with two attached hydrogens (primary N) is 1. The molecule has 2 saturated heterocycles. The van der Waals surface area contributed by atoms with E-state index in [4.69, 9.17) is 34.6 Å². The number of carboxylic acids is 1. The Morgan fingerprint density at radius 1 is 1.18 bits per heavy atom. The maximum Gasteiger partial charge on any atom is 0.490 e. The fourth-order valence-corrected chi connectivity index (χ4v) is 3.46. The van der Waals surface area contributed by atoms with Crippen LogP contribution in [0.1, 0.15) is 46.5 Å². The van der Waals surface area contributed by atoms with Crippen LogP contribution in [0.2, 0.25) is 0 Å². The Hall–Kier alpha value is -2.00. The van der Waals surface area contributed by atoms with Crippen LogP contribution in [0.15, 0.2) is 0 Å².